The minimum Gasteiger partial charge on any atom is -0.444 e. The first-order valence-corrected chi connectivity index (χ1v) is 8.85. The molecule has 0 atom stereocenters. The van der Waals surface area contributed by atoms with Crippen molar-refractivity contribution in [2.45, 2.75) is 38.8 Å². The zero-order valence-corrected chi connectivity index (χ0v) is 15.0. The van der Waals surface area contributed by atoms with Gasteiger partial charge in [-0.25, -0.2) is 4.79 Å². The van der Waals surface area contributed by atoms with Crippen molar-refractivity contribution >= 4 is 11.8 Å². The minimum absolute atomic E-state index is 0.227. The Morgan fingerprint density at radius 2 is 1.80 bits per heavy atom. The van der Waals surface area contributed by atoms with Crippen LogP contribution in [0.25, 0.3) is 11.1 Å². The highest BCUT2D eigenvalue weighted by atomic mass is 16.6. The minimum atomic E-state index is -0.440. The summed E-state index contributed by atoms with van der Waals surface area (Å²) < 4.78 is 5.40. The van der Waals surface area contributed by atoms with Crippen LogP contribution in [0.2, 0.25) is 0 Å². The van der Waals surface area contributed by atoms with E-state index in [4.69, 9.17) is 4.74 Å². The number of anilines is 1. The van der Waals surface area contributed by atoms with Crippen molar-refractivity contribution in [3.63, 3.8) is 0 Å². The molecule has 4 nitrogen and oxygen atoms in total. The van der Waals surface area contributed by atoms with Crippen LogP contribution in [-0.2, 0) is 11.2 Å². The molecular weight excluding hydrogens is 312 g/mol. The van der Waals surface area contributed by atoms with Crippen LogP contribution in [0.5, 0.6) is 0 Å². The van der Waals surface area contributed by atoms with Crippen molar-refractivity contribution in [2.75, 3.05) is 18.4 Å². The number of ether oxygens (including phenoxy) is 1. The van der Waals surface area contributed by atoms with Crippen LogP contribution in [0.15, 0.2) is 42.5 Å². The van der Waals surface area contributed by atoms with Crippen LogP contribution in [0.4, 0.5) is 10.5 Å². The number of nitrogens with one attached hydrogen (secondary N) is 1. The molecule has 1 amide bonds. The van der Waals surface area contributed by atoms with Gasteiger partial charge in [0.15, 0.2) is 0 Å². The highest BCUT2D eigenvalue weighted by molar-refractivity contribution is 5.78. The molecule has 1 N–H and O–H groups in total. The van der Waals surface area contributed by atoms with Gasteiger partial charge in [0.05, 0.1) is 6.04 Å². The Morgan fingerprint density at radius 1 is 1.08 bits per heavy atom. The lowest BCUT2D eigenvalue weighted by Gasteiger charge is -2.40. The van der Waals surface area contributed by atoms with E-state index in [9.17, 15) is 4.79 Å². The van der Waals surface area contributed by atoms with Gasteiger partial charge < -0.3 is 15.0 Å². The van der Waals surface area contributed by atoms with E-state index in [1.807, 2.05) is 20.8 Å². The molecule has 4 rings (SSSR count). The van der Waals surface area contributed by atoms with Gasteiger partial charge in [-0.1, -0.05) is 30.3 Å². The number of hydrogen-bond acceptors (Lipinski definition) is 3. The average Bonchev–Trinajstić information content (AvgIpc) is 2.86. The molecule has 1 aliphatic heterocycles. The summed E-state index contributed by atoms with van der Waals surface area (Å²) in [6.45, 7) is 7.05. The average molecular weight is 336 g/mol. The molecule has 0 bridgehead atoms. The predicted molar refractivity (Wildman–Crippen MR) is 99.9 cm³/mol. The molecule has 1 heterocycles. The molecule has 0 unspecified atom stereocenters. The number of rotatable bonds is 2. The second kappa shape index (κ2) is 5.80. The molecule has 4 heteroatoms. The highest BCUT2D eigenvalue weighted by Gasteiger charge is 2.33. The fourth-order valence-electron chi connectivity index (χ4n) is 3.52. The smallest absolute Gasteiger partial charge is 0.410 e. The van der Waals surface area contributed by atoms with Crippen molar-refractivity contribution in [1.82, 2.24) is 4.90 Å². The fourth-order valence-corrected chi connectivity index (χ4v) is 3.52. The number of likely N-dealkylation sites (tertiary alicyclic amines) is 1. The first-order valence-electron chi connectivity index (χ1n) is 8.85. The van der Waals surface area contributed by atoms with Gasteiger partial charge in [0.2, 0.25) is 0 Å². The monoisotopic (exact) mass is 336 g/mol. The molecule has 0 spiro atoms. The summed E-state index contributed by atoms with van der Waals surface area (Å²) in [6, 6.07) is 15.5. The number of hydrogen-bond donors (Lipinski definition) is 1. The predicted octanol–water partition coefficient (Wildman–Crippen LogP) is 4.29. The van der Waals surface area contributed by atoms with Crippen LogP contribution < -0.4 is 5.32 Å². The lowest BCUT2D eigenvalue weighted by atomic mass is 10.0. The van der Waals surface area contributed by atoms with Crippen molar-refractivity contribution in [1.29, 1.82) is 0 Å². The summed E-state index contributed by atoms with van der Waals surface area (Å²) in [7, 11) is 0. The maximum Gasteiger partial charge on any atom is 0.410 e. The summed E-state index contributed by atoms with van der Waals surface area (Å²) >= 11 is 0. The Morgan fingerprint density at radius 3 is 2.56 bits per heavy atom. The molecule has 25 heavy (non-hydrogen) atoms. The van der Waals surface area contributed by atoms with Crippen LogP contribution in [0.1, 0.15) is 31.9 Å². The van der Waals surface area contributed by atoms with E-state index in [1.54, 1.807) is 4.90 Å². The zero-order chi connectivity index (χ0) is 17.6. The van der Waals surface area contributed by atoms with Crippen molar-refractivity contribution in [2.24, 2.45) is 0 Å². The molecule has 1 fully saturated rings. The molecule has 1 saturated heterocycles. The van der Waals surface area contributed by atoms with Crippen molar-refractivity contribution in [3.05, 3.63) is 53.6 Å². The molecule has 2 aliphatic rings. The Bertz CT molecular complexity index is 817. The summed E-state index contributed by atoms with van der Waals surface area (Å²) in [5.41, 5.74) is 6.14. The fraction of sp³-hybridized carbons (Fsp3) is 0.381. The standard InChI is InChI=1S/C21H24N2O2/c1-21(2,3)25-20(24)23-12-17(13-23)22-16-8-9-19-15(11-16)10-14-6-4-5-7-18(14)19/h4-9,11,17,22H,10,12-13H2,1-3H3. The highest BCUT2D eigenvalue weighted by Crippen LogP contribution is 2.37. The van der Waals surface area contributed by atoms with Crippen LogP contribution >= 0.6 is 0 Å². The quantitative estimate of drug-likeness (QED) is 0.759. The molecular formula is C21H24N2O2. The number of benzene rings is 2. The Labute approximate surface area is 148 Å². The van der Waals surface area contributed by atoms with Gasteiger partial charge in [0.1, 0.15) is 5.60 Å². The van der Waals surface area contributed by atoms with Crippen LogP contribution in [0, 0.1) is 0 Å². The van der Waals surface area contributed by atoms with Gasteiger partial charge in [0.25, 0.3) is 0 Å². The summed E-state index contributed by atoms with van der Waals surface area (Å²) in [6.07, 6.45) is 0.769. The third-order valence-corrected chi connectivity index (χ3v) is 4.70. The molecule has 2 aromatic carbocycles. The van der Waals surface area contributed by atoms with Gasteiger partial charge in [-0.15, -0.1) is 0 Å². The molecule has 0 radical (unpaired) electrons. The SMILES string of the molecule is CC(C)(C)OC(=O)N1CC(Nc2ccc3c(c2)Cc2ccccc2-3)C1. The molecule has 130 valence electrons. The maximum atomic E-state index is 12.0. The van der Waals surface area contributed by atoms with Gasteiger partial charge in [-0.2, -0.15) is 0 Å². The van der Waals surface area contributed by atoms with E-state index in [-0.39, 0.29) is 12.1 Å². The molecule has 1 aliphatic carbocycles. The Hall–Kier alpha value is -2.49. The summed E-state index contributed by atoms with van der Waals surface area (Å²) in [5, 5.41) is 3.53. The molecule has 0 saturated carbocycles. The van der Waals surface area contributed by atoms with Crippen LogP contribution in [0.3, 0.4) is 0 Å². The van der Waals surface area contributed by atoms with Gasteiger partial charge >= 0.3 is 6.09 Å². The largest absolute Gasteiger partial charge is 0.444 e. The van der Waals surface area contributed by atoms with Gasteiger partial charge in [0, 0.05) is 18.8 Å². The third kappa shape index (κ3) is 3.21. The van der Waals surface area contributed by atoms with Gasteiger partial charge in [-0.05, 0) is 61.6 Å². The molecule has 0 aromatic heterocycles. The normalized spacial score (nSPS) is 16.0. The summed E-state index contributed by atoms with van der Waals surface area (Å²) in [5.74, 6) is 0. The third-order valence-electron chi connectivity index (χ3n) is 4.70. The van der Waals surface area contributed by atoms with E-state index in [2.05, 4.69) is 47.8 Å². The maximum absolute atomic E-state index is 12.0. The van der Waals surface area contributed by atoms with E-state index in [1.165, 1.54) is 22.3 Å². The lowest BCUT2D eigenvalue weighted by Crippen LogP contribution is -2.57. The number of amides is 1. The van der Waals surface area contributed by atoms with Crippen molar-refractivity contribution in [3.8, 4) is 11.1 Å². The molecule has 2 aromatic rings. The zero-order valence-electron chi connectivity index (χ0n) is 15.0. The van der Waals surface area contributed by atoms with E-state index in [0.717, 1.165) is 12.1 Å². The first kappa shape index (κ1) is 16.0. The van der Waals surface area contributed by atoms with E-state index in [0.29, 0.717) is 13.1 Å². The van der Waals surface area contributed by atoms with Gasteiger partial charge in [-0.3, -0.25) is 0 Å². The Balaban J connectivity index is 1.37. The van der Waals surface area contributed by atoms with E-state index >= 15 is 0 Å². The van der Waals surface area contributed by atoms with Crippen LogP contribution in [-0.4, -0.2) is 35.7 Å². The topological polar surface area (TPSA) is 41.6 Å². The van der Waals surface area contributed by atoms with Crippen molar-refractivity contribution < 1.29 is 9.53 Å². The Kier molecular flexibility index (Phi) is 3.71. The summed E-state index contributed by atoms with van der Waals surface area (Å²) in [4.78, 5) is 13.7. The second-order valence-electron chi connectivity index (χ2n) is 7.93. The first-order chi connectivity index (χ1) is 11.9. The number of nitrogens with zero attached hydrogens (tertiary/aromatic N) is 1. The number of fused-ring (bicyclic) bond motifs is 3. The lowest BCUT2D eigenvalue weighted by molar-refractivity contribution is 0.0105. The number of carbonyl (C=O) groups excluding carboxylic acids is 1. The van der Waals surface area contributed by atoms with E-state index < -0.39 is 5.60 Å². The number of carbonyl (C=O) groups is 1. The second-order valence-corrected chi connectivity index (χ2v) is 7.93.